The lowest BCUT2D eigenvalue weighted by Crippen LogP contribution is -2.14. The molecule has 0 radical (unpaired) electrons. The van der Waals surface area contributed by atoms with Crippen molar-refractivity contribution in [1.29, 1.82) is 5.26 Å². The Hall–Kier alpha value is -11.3. The van der Waals surface area contributed by atoms with Crippen LogP contribution in [0.1, 0.15) is 66.8 Å². The Morgan fingerprint density at radius 3 is 0.724 bits per heavy atom. The maximum absolute atomic E-state index is 15.3. The van der Waals surface area contributed by atoms with Crippen molar-refractivity contribution in [3.63, 3.8) is 0 Å². The third-order valence-electron chi connectivity index (χ3n) is 19.0. The molecule has 484 valence electrons. The molecule has 4 aromatic heterocycles. The molecule has 98 heavy (non-hydrogen) atoms. The molecule has 5 nitrogen and oxygen atoms in total. The van der Waals surface area contributed by atoms with Gasteiger partial charge in [0.05, 0.1) is 95.2 Å². The van der Waals surface area contributed by atoms with Crippen molar-refractivity contribution in [1.82, 2.24) is 18.3 Å². The summed E-state index contributed by atoms with van der Waals surface area (Å²) in [6.07, 6.45) is -14.5. The largest absolute Gasteiger partial charge is 0.417 e. The monoisotopic (exact) mass is 1310 g/mol. The maximum atomic E-state index is 15.3. The molecule has 16 rings (SSSR count). The average Bonchev–Trinajstić information content (AvgIpc) is 1.53. The van der Waals surface area contributed by atoms with Gasteiger partial charge in [-0.25, -0.2) is 0 Å². The Balaban J connectivity index is 0.000000160. The second-order valence-electron chi connectivity index (χ2n) is 26.0. The lowest BCUT2D eigenvalue weighted by atomic mass is 9.93. The Bertz CT molecular complexity index is 5840. The lowest BCUT2D eigenvalue weighted by molar-refractivity contribution is -0.139. The molecule has 0 amide bonds. The van der Waals surface area contributed by atoms with Gasteiger partial charge in [-0.15, -0.1) is 0 Å². The highest BCUT2D eigenvalue weighted by Crippen LogP contribution is 2.49. The van der Waals surface area contributed by atoms with Gasteiger partial charge in [0.15, 0.2) is 0 Å². The topological polar surface area (TPSA) is 43.5 Å². The Kier molecular flexibility index (Phi) is 14.7. The fraction of sp³-hybridized carbons (Fsp3) is 0.131. The van der Waals surface area contributed by atoms with E-state index < -0.39 is 46.3 Å². The second kappa shape index (κ2) is 22.9. The van der Waals surface area contributed by atoms with Crippen LogP contribution < -0.4 is 0 Å². The van der Waals surface area contributed by atoms with E-state index in [9.17, 15) is 31.6 Å². The molecule has 0 saturated heterocycles. The van der Waals surface area contributed by atoms with Gasteiger partial charge >= 0.3 is 18.5 Å². The van der Waals surface area contributed by atoms with Crippen LogP contribution in [0.25, 0.3) is 132 Å². The van der Waals surface area contributed by atoms with E-state index in [0.717, 1.165) is 145 Å². The number of halogens is 9. The van der Waals surface area contributed by atoms with Crippen LogP contribution in [0.15, 0.2) is 218 Å². The van der Waals surface area contributed by atoms with E-state index in [2.05, 4.69) is 116 Å². The summed E-state index contributed by atoms with van der Waals surface area (Å²) in [6.45, 7) is 16.1. The van der Waals surface area contributed by atoms with Crippen LogP contribution in [0.3, 0.4) is 0 Å². The maximum Gasteiger partial charge on any atom is 0.417 e. The minimum atomic E-state index is -4.98. The Labute approximate surface area is 557 Å². The molecule has 0 aliphatic rings. The zero-order valence-electron chi connectivity index (χ0n) is 54.4. The van der Waals surface area contributed by atoms with Crippen molar-refractivity contribution < 1.29 is 39.5 Å². The number of aryl methyl sites for hydroxylation is 8. The van der Waals surface area contributed by atoms with Gasteiger partial charge in [-0.05, 0) is 206 Å². The van der Waals surface area contributed by atoms with Crippen molar-refractivity contribution >= 4 is 87.2 Å². The Morgan fingerprint density at radius 1 is 0.245 bits per heavy atom. The van der Waals surface area contributed by atoms with Crippen LogP contribution in [-0.2, 0) is 18.5 Å². The third kappa shape index (κ3) is 10.4. The van der Waals surface area contributed by atoms with Crippen LogP contribution in [-0.4, -0.2) is 18.3 Å². The van der Waals surface area contributed by atoms with Gasteiger partial charge < -0.3 is 18.3 Å². The summed E-state index contributed by atoms with van der Waals surface area (Å²) >= 11 is 0. The molecule has 0 aliphatic heterocycles. The van der Waals surface area contributed by atoms with Crippen LogP contribution in [0.2, 0.25) is 0 Å². The van der Waals surface area contributed by atoms with Crippen LogP contribution in [0.4, 0.5) is 39.5 Å². The molecule has 4 heterocycles. The van der Waals surface area contributed by atoms with Crippen molar-refractivity contribution in [3.8, 4) is 51.1 Å². The zero-order chi connectivity index (χ0) is 68.8. The first-order valence-corrected chi connectivity index (χ1v) is 32.0. The summed E-state index contributed by atoms with van der Waals surface area (Å²) in [6, 6.07) is 66.7. The van der Waals surface area contributed by atoms with Gasteiger partial charge in [-0.2, -0.15) is 44.8 Å². The number of nitrogens with zero attached hydrogens (tertiary/aromatic N) is 5. The molecule has 0 bridgehead atoms. The summed E-state index contributed by atoms with van der Waals surface area (Å²) in [5.74, 6) is 0. The van der Waals surface area contributed by atoms with Gasteiger partial charge in [-0.3, -0.25) is 0 Å². The van der Waals surface area contributed by atoms with Crippen LogP contribution in [0.5, 0.6) is 0 Å². The number of aromatic nitrogens is 4. The predicted octanol–water partition coefficient (Wildman–Crippen LogP) is 24.5. The third-order valence-corrected chi connectivity index (χ3v) is 19.0. The molecule has 0 spiro atoms. The van der Waals surface area contributed by atoms with Gasteiger partial charge in [0.2, 0.25) is 0 Å². The summed E-state index contributed by atoms with van der Waals surface area (Å²) in [7, 11) is 0. The highest BCUT2D eigenvalue weighted by atomic mass is 19.4. The van der Waals surface area contributed by atoms with Crippen molar-refractivity contribution in [2.24, 2.45) is 0 Å². The number of alkyl halides is 9. The molecule has 0 atom stereocenters. The molecular formula is C84H60F9N5. The van der Waals surface area contributed by atoms with E-state index in [4.69, 9.17) is 0 Å². The predicted molar refractivity (Wildman–Crippen MR) is 379 cm³/mol. The normalized spacial score (nSPS) is 12.3. The van der Waals surface area contributed by atoms with Gasteiger partial charge in [0, 0.05) is 48.7 Å². The fourth-order valence-corrected chi connectivity index (χ4v) is 14.6. The van der Waals surface area contributed by atoms with Crippen LogP contribution >= 0.6 is 0 Å². The first-order chi connectivity index (χ1) is 46.7. The van der Waals surface area contributed by atoms with E-state index >= 15 is 13.2 Å². The molecule has 0 aliphatic carbocycles. The highest BCUT2D eigenvalue weighted by Gasteiger charge is 2.40. The molecule has 16 aromatic rings. The standard InChI is InChI=1S/C42H30F6N2.C42H30F3N3/c1-23-9-13-35-29(17-23)30-18-24(2)10-14-36(30)49(35)39-21-28(27-7-5-6-8-33(27)41(43,44)45)34(42(46,47)48)22-40(39)50-37-15-11-25(3)19-31(37)32-20-26(4)12-16-38(32)50;1-24-9-13-36-31(17-24)32-18-25(2)10-14-37(32)47(36)40-21-28(23-46)30(29-7-5-6-8-35(29)42(43,44)45)22-41(40)48-38-15-11-26(3)19-33(38)34-20-27(4)12-16-39(34)48/h5-22H,1-4H3;5-22H,1-4H3. The average molecular weight is 1310 g/mol. The second-order valence-corrected chi connectivity index (χ2v) is 26.0. The molecule has 0 saturated carbocycles. The van der Waals surface area contributed by atoms with Crippen molar-refractivity contribution in [2.75, 3.05) is 0 Å². The van der Waals surface area contributed by atoms with E-state index in [1.54, 1.807) is 18.2 Å². The van der Waals surface area contributed by atoms with Gasteiger partial charge in [-0.1, -0.05) is 129 Å². The number of nitriles is 1. The molecule has 14 heteroatoms. The molecule has 0 fully saturated rings. The molecule has 12 aromatic carbocycles. The Morgan fingerprint density at radius 2 is 0.469 bits per heavy atom. The van der Waals surface area contributed by atoms with E-state index in [1.807, 2.05) is 110 Å². The SMILES string of the molecule is Cc1ccc2c(c1)c1cc(C)ccc1n2-c1cc(-c2ccccc2C(F)(F)F)c(C(F)(F)F)cc1-n1c2ccc(C)cc2c2cc(C)ccc21.Cc1ccc2c(c1)c1cc(C)ccc1n2-c1cc(C#N)c(-c2ccccc2C(F)(F)F)cc1-n1c2ccc(C)cc2c2cc(C)ccc21. The van der Waals surface area contributed by atoms with E-state index in [0.29, 0.717) is 28.1 Å². The molecular weight excluding hydrogens is 1250 g/mol. The highest BCUT2D eigenvalue weighted by molar-refractivity contribution is 6.14. The lowest BCUT2D eigenvalue weighted by Gasteiger charge is -2.23. The van der Waals surface area contributed by atoms with Crippen LogP contribution in [0, 0.1) is 66.7 Å². The van der Waals surface area contributed by atoms with Crippen molar-refractivity contribution in [2.45, 2.75) is 73.9 Å². The number of hydrogen-bond donors (Lipinski definition) is 0. The fourth-order valence-electron chi connectivity index (χ4n) is 14.6. The summed E-state index contributed by atoms with van der Waals surface area (Å²) in [4.78, 5) is 0. The minimum absolute atomic E-state index is 0.0322. The number of rotatable bonds is 6. The minimum Gasteiger partial charge on any atom is -0.307 e. The number of fused-ring (bicyclic) bond motifs is 12. The van der Waals surface area contributed by atoms with E-state index in [1.165, 1.54) is 30.3 Å². The van der Waals surface area contributed by atoms with Crippen molar-refractivity contribution in [3.05, 3.63) is 285 Å². The molecule has 0 unspecified atom stereocenters. The van der Waals surface area contributed by atoms with E-state index in [-0.39, 0.29) is 22.4 Å². The summed E-state index contributed by atoms with van der Waals surface area (Å²) in [5.41, 5.74) is 13.0. The summed E-state index contributed by atoms with van der Waals surface area (Å²) < 4.78 is 141. The quantitative estimate of drug-likeness (QED) is 0.153. The van der Waals surface area contributed by atoms with Gasteiger partial charge in [0.1, 0.15) is 0 Å². The summed E-state index contributed by atoms with van der Waals surface area (Å²) in [5, 5.41) is 18.3. The number of hydrogen-bond acceptors (Lipinski definition) is 1. The van der Waals surface area contributed by atoms with Gasteiger partial charge in [0.25, 0.3) is 0 Å². The zero-order valence-corrected chi connectivity index (χ0v) is 54.4. The first kappa shape index (κ1) is 62.8. The first-order valence-electron chi connectivity index (χ1n) is 32.0. The molecule has 0 N–H and O–H groups in total. The smallest absolute Gasteiger partial charge is 0.307 e. The number of benzene rings is 12.